The molecule has 158 valence electrons. The quantitative estimate of drug-likeness (QED) is 0.666. The Labute approximate surface area is 170 Å². The molecule has 10 heteroatoms. The van der Waals surface area contributed by atoms with Crippen LogP contribution in [-0.4, -0.2) is 43.8 Å². The van der Waals surface area contributed by atoms with Crippen molar-refractivity contribution >= 4 is 28.6 Å². The number of rotatable bonds is 2. The summed E-state index contributed by atoms with van der Waals surface area (Å²) < 4.78 is 34.0. The maximum absolute atomic E-state index is 13.6. The van der Waals surface area contributed by atoms with Crippen LogP contribution in [0.1, 0.15) is 37.0 Å². The van der Waals surface area contributed by atoms with Crippen molar-refractivity contribution in [1.29, 1.82) is 0 Å². The van der Waals surface area contributed by atoms with Gasteiger partial charge in [-0.15, -0.1) is 0 Å². The highest BCUT2D eigenvalue weighted by Crippen LogP contribution is 2.26. The maximum Gasteiger partial charge on any atom is 0.410 e. The van der Waals surface area contributed by atoms with Crippen LogP contribution in [0.15, 0.2) is 24.4 Å². The predicted octanol–water partition coefficient (Wildman–Crippen LogP) is 3.65. The Morgan fingerprint density at radius 2 is 1.90 bits per heavy atom. The second-order valence-electron chi connectivity index (χ2n) is 8.11. The fourth-order valence-electron chi connectivity index (χ4n) is 3.27. The molecule has 0 radical (unpaired) electrons. The van der Waals surface area contributed by atoms with Crippen molar-refractivity contribution < 1.29 is 23.1 Å². The van der Waals surface area contributed by atoms with Crippen LogP contribution < -0.4 is 5.32 Å². The van der Waals surface area contributed by atoms with E-state index in [-0.39, 0.29) is 12.2 Å². The van der Waals surface area contributed by atoms with Crippen LogP contribution in [-0.2, 0) is 17.8 Å². The van der Waals surface area contributed by atoms with E-state index >= 15 is 0 Å². The van der Waals surface area contributed by atoms with Gasteiger partial charge in [0.05, 0.1) is 30.0 Å². The molecule has 1 aromatic carbocycles. The molecule has 2 aromatic heterocycles. The number of halogens is 2. The van der Waals surface area contributed by atoms with E-state index in [2.05, 4.69) is 15.4 Å². The van der Waals surface area contributed by atoms with Crippen LogP contribution in [0.4, 0.5) is 19.3 Å². The first-order valence-electron chi connectivity index (χ1n) is 9.43. The van der Waals surface area contributed by atoms with Crippen molar-refractivity contribution in [2.45, 2.75) is 39.5 Å². The van der Waals surface area contributed by atoms with Crippen molar-refractivity contribution in [3.63, 3.8) is 0 Å². The molecule has 0 spiro atoms. The van der Waals surface area contributed by atoms with Crippen molar-refractivity contribution in [2.24, 2.45) is 0 Å². The molecule has 30 heavy (non-hydrogen) atoms. The van der Waals surface area contributed by atoms with Crippen LogP contribution in [0.2, 0.25) is 0 Å². The molecule has 3 aromatic rings. The van der Waals surface area contributed by atoms with Crippen molar-refractivity contribution in [1.82, 2.24) is 19.7 Å². The number of anilines is 1. The highest BCUT2D eigenvalue weighted by molar-refractivity contribution is 6.08. The third-order valence-corrected chi connectivity index (χ3v) is 4.65. The highest BCUT2D eigenvalue weighted by Gasteiger charge is 2.27. The van der Waals surface area contributed by atoms with E-state index in [0.29, 0.717) is 35.4 Å². The lowest BCUT2D eigenvalue weighted by molar-refractivity contribution is 0.0194. The van der Waals surface area contributed by atoms with Gasteiger partial charge in [-0.05, 0) is 32.9 Å². The Balaban J connectivity index is 1.50. The molecule has 0 unspecified atom stereocenters. The molecule has 0 saturated carbocycles. The van der Waals surface area contributed by atoms with Gasteiger partial charge in [-0.25, -0.2) is 13.6 Å². The second-order valence-corrected chi connectivity index (χ2v) is 8.11. The molecule has 3 heterocycles. The fourth-order valence-corrected chi connectivity index (χ4v) is 3.27. The molecule has 2 amide bonds. The number of hydrogen-bond donors (Lipinski definition) is 2. The number of hydrogen-bond acceptors (Lipinski definition) is 4. The van der Waals surface area contributed by atoms with Crippen LogP contribution in [0, 0.1) is 11.6 Å². The van der Waals surface area contributed by atoms with Gasteiger partial charge in [0.1, 0.15) is 5.60 Å². The van der Waals surface area contributed by atoms with Gasteiger partial charge >= 0.3 is 6.09 Å². The maximum atomic E-state index is 13.6. The number of carbonyl (C=O) groups is 2. The summed E-state index contributed by atoms with van der Waals surface area (Å²) in [5, 5.41) is 7.30. The number of amides is 2. The Morgan fingerprint density at radius 3 is 2.63 bits per heavy atom. The zero-order valence-corrected chi connectivity index (χ0v) is 16.8. The molecule has 1 aliphatic rings. The van der Waals surface area contributed by atoms with Crippen molar-refractivity contribution in [3.05, 3.63) is 47.4 Å². The first-order chi connectivity index (χ1) is 14.1. The molecule has 0 bridgehead atoms. The van der Waals surface area contributed by atoms with Gasteiger partial charge in [0.2, 0.25) is 0 Å². The van der Waals surface area contributed by atoms with Gasteiger partial charge in [0.15, 0.2) is 17.3 Å². The van der Waals surface area contributed by atoms with E-state index in [1.54, 1.807) is 36.4 Å². The van der Waals surface area contributed by atoms with Crippen molar-refractivity contribution in [2.75, 3.05) is 11.9 Å². The molecule has 4 rings (SSSR count). The summed E-state index contributed by atoms with van der Waals surface area (Å²) in [6.45, 7) is 6.51. The van der Waals surface area contributed by atoms with Gasteiger partial charge in [0.25, 0.3) is 5.91 Å². The molecular formula is C20H21F2N5O3. The van der Waals surface area contributed by atoms with E-state index in [9.17, 15) is 18.4 Å². The summed E-state index contributed by atoms with van der Waals surface area (Å²) in [6, 6.07) is 3.65. The number of H-pyrrole nitrogens is 1. The van der Waals surface area contributed by atoms with Gasteiger partial charge < -0.3 is 19.9 Å². The second kappa shape index (κ2) is 7.12. The lowest BCUT2D eigenvalue weighted by Gasteiger charge is -2.30. The molecular weight excluding hydrogens is 396 g/mol. The number of nitrogens with zero attached hydrogens (tertiary/aromatic N) is 3. The monoisotopic (exact) mass is 417 g/mol. The molecule has 0 aliphatic carbocycles. The summed E-state index contributed by atoms with van der Waals surface area (Å²) >= 11 is 0. The summed E-state index contributed by atoms with van der Waals surface area (Å²) in [5.41, 5.74) is 0.940. The summed E-state index contributed by atoms with van der Waals surface area (Å²) in [6.07, 6.45) is 1.04. The van der Waals surface area contributed by atoms with Gasteiger partial charge in [0, 0.05) is 24.2 Å². The molecule has 0 atom stereocenters. The molecule has 2 N–H and O–H groups in total. The summed E-state index contributed by atoms with van der Waals surface area (Å²) in [7, 11) is 0. The normalized spacial score (nSPS) is 14.0. The number of fused-ring (bicyclic) bond motifs is 2. The third kappa shape index (κ3) is 3.85. The minimum Gasteiger partial charge on any atom is -0.444 e. The van der Waals surface area contributed by atoms with E-state index < -0.39 is 29.2 Å². The third-order valence-electron chi connectivity index (χ3n) is 4.65. The zero-order valence-electron chi connectivity index (χ0n) is 16.8. The van der Waals surface area contributed by atoms with Gasteiger partial charge in [-0.1, -0.05) is 0 Å². The first kappa shape index (κ1) is 19.9. The van der Waals surface area contributed by atoms with Crippen LogP contribution in [0.3, 0.4) is 0 Å². The Hall–Kier alpha value is -3.43. The number of ether oxygens (including phenoxy) is 1. The van der Waals surface area contributed by atoms with Crippen LogP contribution in [0.25, 0.3) is 10.9 Å². The molecule has 1 aliphatic heterocycles. The standard InChI is InChI=1S/C20H21F2N5O3/c1-20(2,3)30-19(29)26-4-5-27-11(10-26)6-16(25-27)18(28)24-17-9-23-15-8-14(22)13(21)7-12(15)17/h6-9,23H,4-5,10H2,1-3H3,(H,24,28). The summed E-state index contributed by atoms with van der Waals surface area (Å²) in [4.78, 5) is 29.3. The van der Waals surface area contributed by atoms with E-state index in [1.165, 1.54) is 6.20 Å². The van der Waals surface area contributed by atoms with Crippen molar-refractivity contribution in [3.8, 4) is 0 Å². The Morgan fingerprint density at radius 1 is 1.17 bits per heavy atom. The highest BCUT2D eigenvalue weighted by atomic mass is 19.2. The number of carbonyl (C=O) groups excluding carboxylic acids is 2. The zero-order chi connectivity index (χ0) is 21.6. The lowest BCUT2D eigenvalue weighted by atomic mass is 10.2. The molecule has 0 fully saturated rings. The fraction of sp³-hybridized carbons (Fsp3) is 0.350. The predicted molar refractivity (Wildman–Crippen MR) is 105 cm³/mol. The minimum absolute atomic E-state index is 0.160. The van der Waals surface area contributed by atoms with Crippen LogP contribution >= 0.6 is 0 Å². The Bertz CT molecular complexity index is 1150. The number of aromatic nitrogens is 3. The average Bonchev–Trinajstić information content (AvgIpc) is 3.24. The Kier molecular flexibility index (Phi) is 4.71. The van der Waals surface area contributed by atoms with Crippen LogP contribution in [0.5, 0.6) is 0 Å². The summed E-state index contributed by atoms with van der Waals surface area (Å²) in [5.74, 6) is -2.47. The van der Waals surface area contributed by atoms with Gasteiger partial charge in [-0.3, -0.25) is 9.48 Å². The molecule has 0 saturated heterocycles. The smallest absolute Gasteiger partial charge is 0.410 e. The number of aromatic amines is 1. The first-order valence-corrected chi connectivity index (χ1v) is 9.43. The number of benzene rings is 1. The SMILES string of the molecule is CC(C)(C)OC(=O)N1CCn2nc(C(=O)Nc3c[nH]c4cc(F)c(F)cc34)cc2C1. The van der Waals surface area contributed by atoms with E-state index in [1.807, 2.05) is 0 Å². The lowest BCUT2D eigenvalue weighted by Crippen LogP contribution is -2.41. The van der Waals surface area contributed by atoms with E-state index in [0.717, 1.165) is 12.1 Å². The molecule has 8 nitrogen and oxygen atoms in total. The topological polar surface area (TPSA) is 92.2 Å². The van der Waals surface area contributed by atoms with E-state index in [4.69, 9.17) is 4.74 Å². The number of nitrogens with one attached hydrogen (secondary N) is 2. The minimum atomic E-state index is -1.00. The average molecular weight is 417 g/mol. The largest absolute Gasteiger partial charge is 0.444 e. The van der Waals surface area contributed by atoms with Gasteiger partial charge in [-0.2, -0.15) is 5.10 Å².